The lowest BCUT2D eigenvalue weighted by Gasteiger charge is -2.27. The first-order valence-corrected chi connectivity index (χ1v) is 6.34. The molecule has 0 aromatic heterocycles. The van der Waals surface area contributed by atoms with Gasteiger partial charge in [0.05, 0.1) is 0 Å². The number of carbonyl (C=O) groups excluding carboxylic acids is 1. The maximum atomic E-state index is 11.9. The number of nitrogens with two attached hydrogens (primary N) is 1. The molecule has 0 spiro atoms. The molecule has 0 aromatic rings. The Morgan fingerprint density at radius 2 is 2.12 bits per heavy atom. The van der Waals surface area contributed by atoms with E-state index in [0.29, 0.717) is 17.8 Å². The maximum absolute atomic E-state index is 11.9. The summed E-state index contributed by atoms with van der Waals surface area (Å²) in [6.07, 6.45) is 2.55. The Bertz CT molecular complexity index is 243. The lowest BCUT2D eigenvalue weighted by atomic mass is 9.80. The average molecular weight is 226 g/mol. The molecule has 2 unspecified atom stereocenters. The van der Waals surface area contributed by atoms with Crippen LogP contribution >= 0.6 is 0 Å². The number of likely N-dealkylation sites (tertiary alicyclic amines) is 1. The molecule has 1 heterocycles. The number of carbonyl (C=O) groups is 1. The van der Waals surface area contributed by atoms with Gasteiger partial charge in [0.2, 0.25) is 5.91 Å². The molecular weight excluding hydrogens is 200 g/mol. The van der Waals surface area contributed by atoms with Crippen molar-refractivity contribution in [1.29, 1.82) is 0 Å². The summed E-state index contributed by atoms with van der Waals surface area (Å²) in [6, 6.07) is 0.130. The predicted octanol–water partition coefficient (Wildman–Crippen LogP) is 2.01. The summed E-state index contributed by atoms with van der Waals surface area (Å²) < 4.78 is 0. The van der Waals surface area contributed by atoms with Gasteiger partial charge in [-0.3, -0.25) is 4.79 Å². The van der Waals surface area contributed by atoms with Gasteiger partial charge in [0.15, 0.2) is 0 Å². The van der Waals surface area contributed by atoms with Crippen molar-refractivity contribution in [1.82, 2.24) is 4.90 Å². The Morgan fingerprint density at radius 3 is 2.56 bits per heavy atom. The molecule has 1 aliphatic heterocycles. The topological polar surface area (TPSA) is 46.3 Å². The SMILES string of the molecule is CC(N)CCC(=O)N1CCC(C(C)(C)C)C1. The first kappa shape index (κ1) is 13.5. The van der Waals surface area contributed by atoms with E-state index in [1.54, 1.807) is 0 Å². The molecule has 1 fully saturated rings. The minimum atomic E-state index is 0.130. The molecule has 2 N–H and O–H groups in total. The van der Waals surface area contributed by atoms with E-state index < -0.39 is 0 Å². The second kappa shape index (κ2) is 5.17. The summed E-state index contributed by atoms with van der Waals surface area (Å²) in [5.41, 5.74) is 5.98. The first-order chi connectivity index (χ1) is 7.30. The highest BCUT2D eigenvalue weighted by molar-refractivity contribution is 5.76. The van der Waals surface area contributed by atoms with Crippen LogP contribution in [0.2, 0.25) is 0 Å². The molecule has 0 bridgehead atoms. The van der Waals surface area contributed by atoms with Crippen LogP contribution in [0.5, 0.6) is 0 Å². The third-order valence-corrected chi connectivity index (χ3v) is 3.58. The van der Waals surface area contributed by atoms with Gasteiger partial charge >= 0.3 is 0 Å². The van der Waals surface area contributed by atoms with Crippen LogP contribution in [-0.2, 0) is 4.79 Å². The lowest BCUT2D eigenvalue weighted by molar-refractivity contribution is -0.130. The monoisotopic (exact) mass is 226 g/mol. The Kier molecular flexibility index (Phi) is 4.36. The minimum Gasteiger partial charge on any atom is -0.342 e. The second-order valence-corrected chi connectivity index (χ2v) is 6.21. The summed E-state index contributed by atoms with van der Waals surface area (Å²) >= 11 is 0. The molecule has 0 aromatic carbocycles. The molecule has 3 heteroatoms. The lowest BCUT2D eigenvalue weighted by Crippen LogP contribution is -2.32. The molecule has 0 aliphatic carbocycles. The van der Waals surface area contributed by atoms with Gasteiger partial charge in [-0.05, 0) is 31.1 Å². The van der Waals surface area contributed by atoms with Gasteiger partial charge in [0.25, 0.3) is 0 Å². The van der Waals surface area contributed by atoms with Crippen molar-refractivity contribution in [3.8, 4) is 0 Å². The van der Waals surface area contributed by atoms with E-state index in [1.807, 2.05) is 11.8 Å². The maximum Gasteiger partial charge on any atom is 0.222 e. The van der Waals surface area contributed by atoms with Crippen molar-refractivity contribution in [2.24, 2.45) is 17.1 Å². The zero-order valence-electron chi connectivity index (χ0n) is 11.1. The van der Waals surface area contributed by atoms with Gasteiger partial charge < -0.3 is 10.6 Å². The van der Waals surface area contributed by atoms with Crippen molar-refractivity contribution in [2.45, 2.75) is 53.0 Å². The van der Waals surface area contributed by atoms with E-state index in [0.717, 1.165) is 25.9 Å². The normalized spacial score (nSPS) is 23.6. The fraction of sp³-hybridized carbons (Fsp3) is 0.923. The van der Waals surface area contributed by atoms with Gasteiger partial charge in [0.1, 0.15) is 0 Å². The Labute approximate surface area is 99.4 Å². The van der Waals surface area contributed by atoms with Gasteiger partial charge in [-0.25, -0.2) is 0 Å². The summed E-state index contributed by atoms with van der Waals surface area (Å²) in [5, 5.41) is 0. The fourth-order valence-electron chi connectivity index (χ4n) is 2.20. The highest BCUT2D eigenvalue weighted by Crippen LogP contribution is 2.33. The Balaban J connectivity index is 2.38. The number of hydrogen-bond donors (Lipinski definition) is 1. The molecule has 16 heavy (non-hydrogen) atoms. The number of hydrogen-bond acceptors (Lipinski definition) is 2. The van der Waals surface area contributed by atoms with E-state index in [2.05, 4.69) is 20.8 Å². The standard InChI is InChI=1S/C13H26N2O/c1-10(14)5-6-12(16)15-8-7-11(9-15)13(2,3)4/h10-11H,5-9,14H2,1-4H3. The van der Waals surface area contributed by atoms with Crippen LogP contribution in [0.3, 0.4) is 0 Å². The molecule has 0 radical (unpaired) electrons. The molecule has 1 aliphatic rings. The number of nitrogens with zero attached hydrogens (tertiary/aromatic N) is 1. The highest BCUT2D eigenvalue weighted by atomic mass is 16.2. The molecule has 3 nitrogen and oxygen atoms in total. The van der Waals surface area contributed by atoms with Crippen molar-refractivity contribution in [3.63, 3.8) is 0 Å². The Morgan fingerprint density at radius 1 is 1.50 bits per heavy atom. The zero-order valence-corrected chi connectivity index (χ0v) is 11.1. The fourth-order valence-corrected chi connectivity index (χ4v) is 2.20. The molecule has 0 saturated carbocycles. The van der Waals surface area contributed by atoms with Crippen LogP contribution in [-0.4, -0.2) is 29.9 Å². The molecular formula is C13H26N2O. The van der Waals surface area contributed by atoms with E-state index in [4.69, 9.17) is 5.73 Å². The van der Waals surface area contributed by atoms with E-state index in [-0.39, 0.29) is 11.9 Å². The quantitative estimate of drug-likeness (QED) is 0.800. The molecule has 94 valence electrons. The predicted molar refractivity (Wildman–Crippen MR) is 67.0 cm³/mol. The van der Waals surface area contributed by atoms with Crippen LogP contribution in [0.25, 0.3) is 0 Å². The highest BCUT2D eigenvalue weighted by Gasteiger charge is 2.33. The summed E-state index contributed by atoms with van der Waals surface area (Å²) in [5.74, 6) is 0.927. The van der Waals surface area contributed by atoms with Crippen LogP contribution < -0.4 is 5.73 Å². The first-order valence-electron chi connectivity index (χ1n) is 6.34. The van der Waals surface area contributed by atoms with Crippen LogP contribution in [0.1, 0.15) is 47.0 Å². The van der Waals surface area contributed by atoms with Gasteiger partial charge in [-0.2, -0.15) is 0 Å². The summed E-state index contributed by atoms with van der Waals surface area (Å²) in [7, 11) is 0. The summed E-state index contributed by atoms with van der Waals surface area (Å²) in [6.45, 7) is 10.6. The largest absolute Gasteiger partial charge is 0.342 e. The van der Waals surface area contributed by atoms with Crippen molar-refractivity contribution >= 4 is 5.91 Å². The van der Waals surface area contributed by atoms with Gasteiger partial charge in [-0.15, -0.1) is 0 Å². The molecule has 1 amide bonds. The van der Waals surface area contributed by atoms with Crippen molar-refractivity contribution < 1.29 is 4.79 Å². The van der Waals surface area contributed by atoms with Gasteiger partial charge in [-0.1, -0.05) is 20.8 Å². The van der Waals surface area contributed by atoms with Crippen LogP contribution in [0.15, 0.2) is 0 Å². The third-order valence-electron chi connectivity index (χ3n) is 3.58. The molecule has 2 atom stereocenters. The third kappa shape index (κ3) is 3.78. The smallest absolute Gasteiger partial charge is 0.222 e. The minimum absolute atomic E-state index is 0.130. The number of amides is 1. The van der Waals surface area contributed by atoms with Crippen LogP contribution in [0, 0.1) is 11.3 Å². The van der Waals surface area contributed by atoms with E-state index >= 15 is 0 Å². The number of rotatable bonds is 3. The van der Waals surface area contributed by atoms with E-state index in [1.165, 1.54) is 0 Å². The van der Waals surface area contributed by atoms with Crippen molar-refractivity contribution in [2.75, 3.05) is 13.1 Å². The zero-order chi connectivity index (χ0) is 12.3. The Hall–Kier alpha value is -0.570. The molecule has 1 rings (SSSR count). The van der Waals surface area contributed by atoms with E-state index in [9.17, 15) is 4.79 Å². The summed E-state index contributed by atoms with van der Waals surface area (Å²) in [4.78, 5) is 13.9. The van der Waals surface area contributed by atoms with Crippen molar-refractivity contribution in [3.05, 3.63) is 0 Å². The van der Waals surface area contributed by atoms with Crippen LogP contribution in [0.4, 0.5) is 0 Å². The molecule has 1 saturated heterocycles. The second-order valence-electron chi connectivity index (χ2n) is 6.21. The average Bonchev–Trinajstić information content (AvgIpc) is 2.61. The van der Waals surface area contributed by atoms with Gasteiger partial charge in [0, 0.05) is 25.6 Å².